The maximum atomic E-state index is 11.5. The number of methoxy groups -OCH3 is 2. The molecule has 0 bridgehead atoms. The number of nitrogens with one attached hydrogen (secondary N) is 2. The molecule has 4 rings (SSSR count). The standard InChI is InChI=1S/C38H44N6O10/c1-21-25(19-53-33-13-11-23(35(43-33)51-3)17-41-29(37(47)48)15-31(39)45)7-5-9-27(21)28-10-6-8-26(22(28)2)20-54-34-14-12-24(36(44-34)52-4)18-42-30(38(49)50)16-32(40)46/h5-14,29-30,41-42H,15-20H2,1-4H3,(H2,39,45)(H2,40,46)(H,47,48)(H,49,50)/t29-,30-/m0/s1. The molecule has 2 amide bonds. The zero-order valence-corrected chi connectivity index (χ0v) is 30.4. The molecule has 0 spiro atoms. The van der Waals surface area contributed by atoms with Gasteiger partial charge in [0.25, 0.3) is 0 Å². The number of carboxylic acid groups (broad SMARTS) is 2. The van der Waals surface area contributed by atoms with E-state index in [1.54, 1.807) is 24.3 Å². The largest absolute Gasteiger partial charge is 0.481 e. The minimum Gasteiger partial charge on any atom is -0.481 e. The number of aliphatic carboxylic acids is 2. The molecule has 54 heavy (non-hydrogen) atoms. The van der Waals surface area contributed by atoms with E-state index in [1.807, 2.05) is 50.2 Å². The van der Waals surface area contributed by atoms with Crippen molar-refractivity contribution in [3.63, 3.8) is 0 Å². The van der Waals surface area contributed by atoms with Crippen molar-refractivity contribution < 1.29 is 48.3 Å². The van der Waals surface area contributed by atoms with Gasteiger partial charge >= 0.3 is 11.9 Å². The van der Waals surface area contributed by atoms with Gasteiger partial charge in [-0.25, -0.2) is 0 Å². The summed E-state index contributed by atoms with van der Waals surface area (Å²) in [6.07, 6.45) is -0.711. The second-order valence-electron chi connectivity index (χ2n) is 12.3. The number of carbonyl (C=O) groups is 4. The first kappa shape index (κ1) is 40.5. The number of benzene rings is 2. The van der Waals surface area contributed by atoms with Crippen LogP contribution in [0.5, 0.6) is 23.5 Å². The van der Waals surface area contributed by atoms with E-state index in [0.29, 0.717) is 22.9 Å². The van der Waals surface area contributed by atoms with Gasteiger partial charge in [-0.1, -0.05) is 36.4 Å². The molecular weight excluding hydrogens is 700 g/mol. The lowest BCUT2D eigenvalue weighted by atomic mass is 9.92. The highest BCUT2D eigenvalue weighted by atomic mass is 16.5. The maximum absolute atomic E-state index is 11.5. The number of nitrogens with two attached hydrogens (primary N) is 2. The Morgan fingerprint density at radius 3 is 1.35 bits per heavy atom. The van der Waals surface area contributed by atoms with Crippen LogP contribution in [0.3, 0.4) is 0 Å². The quantitative estimate of drug-likeness (QED) is 0.0719. The van der Waals surface area contributed by atoms with Crippen LogP contribution in [0.4, 0.5) is 0 Å². The first-order valence-electron chi connectivity index (χ1n) is 16.8. The van der Waals surface area contributed by atoms with Crippen molar-refractivity contribution in [3.05, 3.63) is 94.0 Å². The van der Waals surface area contributed by atoms with Gasteiger partial charge in [-0.2, -0.15) is 9.97 Å². The molecule has 0 saturated heterocycles. The van der Waals surface area contributed by atoms with Gasteiger partial charge in [-0.3, -0.25) is 29.8 Å². The number of carboxylic acids is 2. The maximum Gasteiger partial charge on any atom is 0.321 e. The minimum atomic E-state index is -1.19. The monoisotopic (exact) mass is 744 g/mol. The van der Waals surface area contributed by atoms with Crippen LogP contribution in [0, 0.1) is 13.8 Å². The van der Waals surface area contributed by atoms with Gasteiger partial charge in [0.05, 0.1) is 27.1 Å². The Balaban J connectivity index is 1.43. The molecular formula is C38H44N6O10. The summed E-state index contributed by atoms with van der Waals surface area (Å²) < 4.78 is 22.9. The number of carbonyl (C=O) groups excluding carboxylic acids is 2. The molecule has 0 unspecified atom stereocenters. The Bertz CT molecular complexity index is 1850. The van der Waals surface area contributed by atoms with E-state index in [0.717, 1.165) is 33.4 Å². The lowest BCUT2D eigenvalue weighted by Gasteiger charge is -2.17. The van der Waals surface area contributed by atoms with E-state index >= 15 is 0 Å². The van der Waals surface area contributed by atoms with Crippen molar-refractivity contribution in [3.8, 4) is 34.6 Å². The molecule has 286 valence electrons. The summed E-state index contributed by atoms with van der Waals surface area (Å²) in [5.74, 6) is -2.74. The van der Waals surface area contributed by atoms with E-state index in [-0.39, 0.29) is 50.9 Å². The summed E-state index contributed by atoms with van der Waals surface area (Å²) in [4.78, 5) is 54.3. The summed E-state index contributed by atoms with van der Waals surface area (Å²) in [5, 5.41) is 24.3. The fourth-order valence-corrected chi connectivity index (χ4v) is 5.62. The smallest absolute Gasteiger partial charge is 0.321 e. The molecule has 0 saturated carbocycles. The number of nitrogens with zero attached hydrogens (tertiary/aromatic N) is 2. The minimum absolute atomic E-state index is 0.0807. The average molecular weight is 745 g/mol. The third-order valence-electron chi connectivity index (χ3n) is 8.63. The number of primary amides is 2. The van der Waals surface area contributed by atoms with E-state index in [4.69, 9.17) is 30.4 Å². The van der Waals surface area contributed by atoms with Crippen molar-refractivity contribution in [2.24, 2.45) is 11.5 Å². The van der Waals surface area contributed by atoms with E-state index in [1.165, 1.54) is 14.2 Å². The van der Waals surface area contributed by atoms with Crippen LogP contribution >= 0.6 is 0 Å². The Labute approximate surface area is 311 Å². The fraction of sp³-hybridized carbons (Fsp3) is 0.316. The average Bonchev–Trinajstić information content (AvgIpc) is 3.14. The molecule has 2 atom stereocenters. The van der Waals surface area contributed by atoms with Crippen LogP contribution in [0.2, 0.25) is 0 Å². The molecule has 0 aliphatic carbocycles. The van der Waals surface area contributed by atoms with Crippen molar-refractivity contribution in [2.75, 3.05) is 14.2 Å². The number of hydrogen-bond acceptors (Lipinski definition) is 12. The Morgan fingerprint density at radius 2 is 1.02 bits per heavy atom. The van der Waals surface area contributed by atoms with Crippen molar-refractivity contribution in [2.45, 2.75) is 65.1 Å². The van der Waals surface area contributed by atoms with Gasteiger partial charge in [0.15, 0.2) is 0 Å². The van der Waals surface area contributed by atoms with E-state index < -0.39 is 35.8 Å². The highest BCUT2D eigenvalue weighted by Crippen LogP contribution is 2.32. The molecule has 0 aliphatic rings. The molecule has 0 aliphatic heterocycles. The Hall–Kier alpha value is -6.26. The van der Waals surface area contributed by atoms with E-state index in [9.17, 15) is 29.4 Å². The molecule has 2 aromatic carbocycles. The first-order valence-corrected chi connectivity index (χ1v) is 16.8. The van der Waals surface area contributed by atoms with Crippen LogP contribution in [0.15, 0.2) is 60.7 Å². The summed E-state index contributed by atoms with van der Waals surface area (Å²) in [5.41, 5.74) is 17.4. The number of amides is 2. The van der Waals surface area contributed by atoms with Gasteiger partial charge in [0.2, 0.25) is 35.3 Å². The molecule has 2 aromatic heterocycles. The van der Waals surface area contributed by atoms with Crippen LogP contribution < -0.4 is 41.0 Å². The van der Waals surface area contributed by atoms with Crippen LogP contribution in [0.1, 0.15) is 46.2 Å². The topological polar surface area (TPSA) is 248 Å². The first-order chi connectivity index (χ1) is 25.8. The Kier molecular flexibility index (Phi) is 14.3. The van der Waals surface area contributed by atoms with Crippen LogP contribution in [-0.4, -0.2) is 70.2 Å². The molecule has 0 radical (unpaired) electrons. The third kappa shape index (κ3) is 10.9. The predicted octanol–water partition coefficient (Wildman–Crippen LogP) is 2.77. The van der Waals surface area contributed by atoms with Gasteiger partial charge in [0.1, 0.15) is 25.3 Å². The third-order valence-corrected chi connectivity index (χ3v) is 8.63. The molecule has 8 N–H and O–H groups in total. The molecule has 2 heterocycles. The summed E-state index contributed by atoms with van der Waals surface area (Å²) >= 11 is 0. The van der Waals surface area contributed by atoms with Crippen molar-refractivity contribution in [1.29, 1.82) is 0 Å². The second-order valence-corrected chi connectivity index (χ2v) is 12.3. The highest BCUT2D eigenvalue weighted by molar-refractivity contribution is 5.84. The number of rotatable bonds is 21. The number of hydrogen-bond donors (Lipinski definition) is 6. The van der Waals surface area contributed by atoms with Crippen molar-refractivity contribution >= 4 is 23.8 Å². The summed E-state index contributed by atoms with van der Waals surface area (Å²) in [6.45, 7) is 4.63. The second kappa shape index (κ2) is 19.0. The summed E-state index contributed by atoms with van der Waals surface area (Å²) in [6, 6.07) is 16.4. The molecule has 0 fully saturated rings. The SMILES string of the molecule is COc1nc(OCc2cccc(-c3cccc(COc4ccc(CN[C@@H](CC(N)=O)C(=O)O)c(OC)n4)c3C)c2C)ccc1CN[C@@H](CC(N)=O)C(=O)O. The van der Waals surface area contributed by atoms with E-state index in [2.05, 4.69) is 20.6 Å². The van der Waals surface area contributed by atoms with Gasteiger partial charge in [-0.05, 0) is 59.4 Å². The normalized spacial score (nSPS) is 12.0. The summed E-state index contributed by atoms with van der Waals surface area (Å²) in [7, 11) is 2.89. The van der Waals surface area contributed by atoms with Crippen molar-refractivity contribution in [1.82, 2.24) is 20.6 Å². The van der Waals surface area contributed by atoms with Crippen LogP contribution in [0.25, 0.3) is 11.1 Å². The van der Waals surface area contributed by atoms with Gasteiger partial charge in [-0.15, -0.1) is 0 Å². The lowest BCUT2D eigenvalue weighted by Crippen LogP contribution is -2.39. The van der Waals surface area contributed by atoms with Crippen LogP contribution in [-0.2, 0) is 45.5 Å². The number of pyridine rings is 2. The zero-order valence-electron chi connectivity index (χ0n) is 30.4. The zero-order chi connectivity index (χ0) is 39.4. The fourth-order valence-electron chi connectivity index (χ4n) is 5.62. The lowest BCUT2D eigenvalue weighted by molar-refractivity contribution is -0.141. The number of aromatic nitrogens is 2. The molecule has 16 heteroatoms. The predicted molar refractivity (Wildman–Crippen MR) is 196 cm³/mol. The number of ether oxygens (including phenoxy) is 4. The highest BCUT2D eigenvalue weighted by Gasteiger charge is 2.22. The molecule has 4 aromatic rings. The Morgan fingerprint density at radius 1 is 0.630 bits per heavy atom. The van der Waals surface area contributed by atoms with Gasteiger partial charge < -0.3 is 40.6 Å². The molecule has 16 nitrogen and oxygen atoms in total. The van der Waals surface area contributed by atoms with Gasteiger partial charge in [0, 0.05) is 36.3 Å².